The minimum Gasteiger partial charge on any atom is -0.493 e. The van der Waals surface area contributed by atoms with Crippen LogP contribution >= 0.6 is 0 Å². The Kier molecular flexibility index (Phi) is 5.83. The van der Waals surface area contributed by atoms with E-state index < -0.39 is 0 Å². The smallest absolute Gasteiger partial charge is 0.254 e. The Labute approximate surface area is 179 Å². The van der Waals surface area contributed by atoms with E-state index in [1.165, 1.54) is 21.3 Å². The molecule has 9 heteroatoms. The van der Waals surface area contributed by atoms with Crippen molar-refractivity contribution in [3.05, 3.63) is 41.5 Å². The van der Waals surface area contributed by atoms with Gasteiger partial charge in [0.05, 0.1) is 27.2 Å². The van der Waals surface area contributed by atoms with Crippen LogP contribution in [0.15, 0.2) is 33.2 Å². The first-order valence-electron chi connectivity index (χ1n) is 10.0. The summed E-state index contributed by atoms with van der Waals surface area (Å²) in [5, 5.41) is 4.04. The van der Waals surface area contributed by atoms with Crippen molar-refractivity contribution in [2.24, 2.45) is 0 Å². The van der Waals surface area contributed by atoms with Crippen molar-refractivity contribution < 1.29 is 27.9 Å². The molecule has 0 spiro atoms. The molecular formula is C22H25N3O6. The number of hydrogen-bond acceptors (Lipinski definition) is 8. The normalized spacial score (nSPS) is 16.3. The molecule has 0 aliphatic carbocycles. The summed E-state index contributed by atoms with van der Waals surface area (Å²) in [5.74, 6) is 3.42. The van der Waals surface area contributed by atoms with Crippen molar-refractivity contribution >= 4 is 5.91 Å². The number of ether oxygens (including phenoxy) is 3. The van der Waals surface area contributed by atoms with Crippen LogP contribution in [-0.4, -0.2) is 55.4 Å². The summed E-state index contributed by atoms with van der Waals surface area (Å²) in [4.78, 5) is 19.5. The fourth-order valence-electron chi connectivity index (χ4n) is 3.81. The van der Waals surface area contributed by atoms with Gasteiger partial charge in [0.2, 0.25) is 17.5 Å². The average molecular weight is 427 g/mol. The maximum Gasteiger partial charge on any atom is 0.254 e. The highest BCUT2D eigenvalue weighted by Crippen LogP contribution is 2.39. The van der Waals surface area contributed by atoms with E-state index in [1.807, 2.05) is 19.1 Å². The van der Waals surface area contributed by atoms with E-state index in [0.717, 1.165) is 18.6 Å². The number of methoxy groups -OCH3 is 3. The van der Waals surface area contributed by atoms with Crippen LogP contribution in [0.25, 0.3) is 11.6 Å². The van der Waals surface area contributed by atoms with E-state index in [0.29, 0.717) is 53.4 Å². The third kappa shape index (κ3) is 4.08. The highest BCUT2D eigenvalue weighted by atomic mass is 16.5. The molecule has 1 saturated heterocycles. The van der Waals surface area contributed by atoms with Gasteiger partial charge >= 0.3 is 0 Å². The molecule has 2 aromatic heterocycles. The number of rotatable bonds is 6. The predicted molar refractivity (Wildman–Crippen MR) is 111 cm³/mol. The summed E-state index contributed by atoms with van der Waals surface area (Å²) in [5.41, 5.74) is 0.465. The van der Waals surface area contributed by atoms with Gasteiger partial charge in [-0.15, -0.1) is 0 Å². The summed E-state index contributed by atoms with van der Waals surface area (Å²) in [6.45, 7) is 2.98. The maximum atomic E-state index is 13.2. The number of aryl methyl sites for hydroxylation is 1. The second-order valence-corrected chi connectivity index (χ2v) is 7.37. The van der Waals surface area contributed by atoms with Gasteiger partial charge in [-0.25, -0.2) is 0 Å². The van der Waals surface area contributed by atoms with Gasteiger partial charge in [-0.05, 0) is 44.0 Å². The number of nitrogens with zero attached hydrogens (tertiary/aromatic N) is 3. The van der Waals surface area contributed by atoms with Crippen molar-refractivity contribution in [1.82, 2.24) is 15.0 Å². The zero-order valence-corrected chi connectivity index (χ0v) is 18.0. The molecule has 1 aromatic carbocycles. The second kappa shape index (κ2) is 8.71. The van der Waals surface area contributed by atoms with Gasteiger partial charge in [0.25, 0.3) is 5.91 Å². The number of amides is 1. The number of hydrogen-bond donors (Lipinski definition) is 0. The van der Waals surface area contributed by atoms with Crippen LogP contribution in [0.5, 0.6) is 17.2 Å². The number of carbonyl (C=O) groups is 1. The van der Waals surface area contributed by atoms with Gasteiger partial charge in [-0.3, -0.25) is 4.79 Å². The lowest BCUT2D eigenvalue weighted by Gasteiger charge is -2.31. The quantitative estimate of drug-likeness (QED) is 0.587. The van der Waals surface area contributed by atoms with Gasteiger partial charge < -0.3 is 28.1 Å². The lowest BCUT2D eigenvalue weighted by molar-refractivity contribution is 0.0695. The largest absolute Gasteiger partial charge is 0.493 e. The summed E-state index contributed by atoms with van der Waals surface area (Å²) in [7, 11) is 4.58. The van der Waals surface area contributed by atoms with E-state index >= 15 is 0 Å². The summed E-state index contributed by atoms with van der Waals surface area (Å²) < 4.78 is 27.2. The molecule has 1 amide bonds. The maximum absolute atomic E-state index is 13.2. The molecule has 1 aliphatic rings. The van der Waals surface area contributed by atoms with Gasteiger partial charge in [0.15, 0.2) is 17.3 Å². The Morgan fingerprint density at radius 1 is 1.13 bits per heavy atom. The molecule has 3 heterocycles. The number of furan rings is 1. The van der Waals surface area contributed by atoms with Gasteiger partial charge in [-0.2, -0.15) is 4.98 Å². The molecule has 0 saturated carbocycles. The van der Waals surface area contributed by atoms with Crippen LogP contribution in [0.1, 0.15) is 40.8 Å². The van der Waals surface area contributed by atoms with Crippen molar-refractivity contribution in [3.8, 4) is 28.8 Å². The molecule has 9 nitrogen and oxygen atoms in total. The van der Waals surface area contributed by atoms with E-state index in [4.69, 9.17) is 23.2 Å². The van der Waals surface area contributed by atoms with Crippen LogP contribution < -0.4 is 14.2 Å². The Hall–Kier alpha value is -3.49. The molecule has 4 rings (SSSR count). The molecule has 1 aliphatic heterocycles. The third-order valence-corrected chi connectivity index (χ3v) is 5.37. The Morgan fingerprint density at radius 2 is 1.87 bits per heavy atom. The SMILES string of the molecule is COc1cc(C(=O)N2CCC[C@@H](c3nc(-c4ccc(C)o4)no3)C2)cc(OC)c1OC. The van der Waals surface area contributed by atoms with Crippen LogP contribution in [0.3, 0.4) is 0 Å². The molecule has 1 atom stereocenters. The third-order valence-electron chi connectivity index (χ3n) is 5.37. The van der Waals surface area contributed by atoms with E-state index in [2.05, 4.69) is 10.1 Å². The summed E-state index contributed by atoms with van der Waals surface area (Å²) >= 11 is 0. The molecule has 0 unspecified atom stereocenters. The molecule has 0 radical (unpaired) electrons. The van der Waals surface area contributed by atoms with Crippen LogP contribution in [0.2, 0.25) is 0 Å². The van der Waals surface area contributed by atoms with Crippen molar-refractivity contribution in [1.29, 1.82) is 0 Å². The van der Waals surface area contributed by atoms with Crippen molar-refractivity contribution in [2.45, 2.75) is 25.7 Å². The molecule has 0 N–H and O–H groups in total. The average Bonchev–Trinajstić information content (AvgIpc) is 3.46. The number of piperidine rings is 1. The Balaban J connectivity index is 1.54. The number of likely N-dealkylation sites (tertiary alicyclic amines) is 1. The van der Waals surface area contributed by atoms with E-state index in [9.17, 15) is 4.79 Å². The van der Waals surface area contributed by atoms with Gasteiger partial charge in [0, 0.05) is 18.7 Å². The fraction of sp³-hybridized carbons (Fsp3) is 0.409. The molecular weight excluding hydrogens is 402 g/mol. The molecule has 31 heavy (non-hydrogen) atoms. The first-order chi connectivity index (χ1) is 15.0. The lowest BCUT2D eigenvalue weighted by atomic mass is 9.97. The van der Waals surface area contributed by atoms with Crippen LogP contribution in [0, 0.1) is 6.92 Å². The minimum absolute atomic E-state index is 0.0444. The number of aromatic nitrogens is 2. The molecule has 3 aromatic rings. The Bertz CT molecular complexity index is 1050. The van der Waals surface area contributed by atoms with E-state index in [-0.39, 0.29) is 11.8 Å². The molecule has 0 bridgehead atoms. The lowest BCUT2D eigenvalue weighted by Crippen LogP contribution is -2.39. The van der Waals surface area contributed by atoms with Crippen molar-refractivity contribution in [3.63, 3.8) is 0 Å². The second-order valence-electron chi connectivity index (χ2n) is 7.37. The summed E-state index contributed by atoms with van der Waals surface area (Å²) in [6.07, 6.45) is 1.69. The van der Waals surface area contributed by atoms with Crippen molar-refractivity contribution in [2.75, 3.05) is 34.4 Å². The number of carbonyl (C=O) groups excluding carboxylic acids is 1. The first-order valence-corrected chi connectivity index (χ1v) is 10.0. The van der Waals surface area contributed by atoms with Gasteiger partial charge in [0.1, 0.15) is 5.76 Å². The highest BCUT2D eigenvalue weighted by Gasteiger charge is 2.30. The highest BCUT2D eigenvalue weighted by molar-refractivity contribution is 5.95. The Morgan fingerprint density at radius 3 is 2.48 bits per heavy atom. The predicted octanol–water partition coefficient (Wildman–Crippen LogP) is 3.68. The van der Waals surface area contributed by atoms with Crippen LogP contribution in [0.4, 0.5) is 0 Å². The zero-order chi connectivity index (χ0) is 22.0. The first kappa shape index (κ1) is 20.8. The zero-order valence-electron chi connectivity index (χ0n) is 18.0. The number of benzene rings is 1. The summed E-state index contributed by atoms with van der Waals surface area (Å²) in [6, 6.07) is 6.99. The minimum atomic E-state index is -0.120. The van der Waals surface area contributed by atoms with E-state index in [1.54, 1.807) is 17.0 Å². The monoisotopic (exact) mass is 427 g/mol. The molecule has 1 fully saturated rings. The fourth-order valence-corrected chi connectivity index (χ4v) is 3.81. The standard InChI is InChI=1S/C22H25N3O6/c1-13-7-8-16(30-13)20-23-21(31-24-20)14-6-5-9-25(12-14)22(26)15-10-17(27-2)19(29-4)18(11-15)28-3/h7-8,10-11,14H,5-6,9,12H2,1-4H3/t14-/m1/s1. The topological polar surface area (TPSA) is 100 Å². The van der Waals surface area contributed by atoms with Gasteiger partial charge in [-0.1, -0.05) is 5.16 Å². The van der Waals surface area contributed by atoms with Crippen LogP contribution in [-0.2, 0) is 0 Å². The molecule has 164 valence electrons.